The lowest BCUT2D eigenvalue weighted by Gasteiger charge is -2.12. The molecule has 0 fully saturated rings. The zero-order chi connectivity index (χ0) is 13.5. The van der Waals surface area contributed by atoms with Gasteiger partial charge in [0.15, 0.2) is 0 Å². The minimum Gasteiger partial charge on any atom is -0.370 e. The van der Waals surface area contributed by atoms with Gasteiger partial charge in [0.25, 0.3) is 0 Å². The third kappa shape index (κ3) is 4.92. The SMILES string of the molecule is CC(CC(N)=O)NCC(=O)Nc1ccccc1F. The van der Waals surface area contributed by atoms with E-state index in [0.717, 1.165) is 0 Å². The Labute approximate surface area is 105 Å². The number of rotatable bonds is 6. The maximum Gasteiger partial charge on any atom is 0.238 e. The molecule has 0 radical (unpaired) electrons. The lowest BCUT2D eigenvalue weighted by Crippen LogP contribution is -2.36. The molecule has 1 aromatic carbocycles. The molecular formula is C12H16FN3O2. The number of amides is 2. The molecule has 0 saturated carbocycles. The highest BCUT2D eigenvalue weighted by atomic mass is 19.1. The van der Waals surface area contributed by atoms with Gasteiger partial charge >= 0.3 is 0 Å². The number of carbonyl (C=O) groups excluding carboxylic acids is 2. The molecule has 0 spiro atoms. The van der Waals surface area contributed by atoms with Crippen LogP contribution in [0.4, 0.5) is 10.1 Å². The van der Waals surface area contributed by atoms with Crippen LogP contribution in [0.5, 0.6) is 0 Å². The van der Waals surface area contributed by atoms with Gasteiger partial charge in [0.2, 0.25) is 11.8 Å². The number of benzene rings is 1. The molecule has 98 valence electrons. The van der Waals surface area contributed by atoms with Crippen LogP contribution in [0.3, 0.4) is 0 Å². The van der Waals surface area contributed by atoms with Gasteiger partial charge in [0.1, 0.15) is 5.82 Å². The molecule has 4 N–H and O–H groups in total. The molecule has 0 heterocycles. The van der Waals surface area contributed by atoms with Crippen molar-refractivity contribution >= 4 is 17.5 Å². The third-order valence-electron chi connectivity index (χ3n) is 2.27. The summed E-state index contributed by atoms with van der Waals surface area (Å²) in [6, 6.07) is 5.70. The fourth-order valence-corrected chi connectivity index (χ4v) is 1.40. The summed E-state index contributed by atoms with van der Waals surface area (Å²) < 4.78 is 13.2. The second-order valence-corrected chi connectivity index (χ2v) is 3.98. The van der Waals surface area contributed by atoms with E-state index in [2.05, 4.69) is 10.6 Å². The molecule has 0 aliphatic heterocycles. The largest absolute Gasteiger partial charge is 0.370 e. The lowest BCUT2D eigenvalue weighted by molar-refractivity contribution is -0.119. The molecule has 1 atom stereocenters. The highest BCUT2D eigenvalue weighted by Crippen LogP contribution is 2.11. The zero-order valence-corrected chi connectivity index (χ0v) is 10.1. The number of hydrogen-bond donors (Lipinski definition) is 3. The molecule has 18 heavy (non-hydrogen) atoms. The summed E-state index contributed by atoms with van der Waals surface area (Å²) in [5.74, 6) is -1.31. The summed E-state index contributed by atoms with van der Waals surface area (Å²) in [6.07, 6.45) is 0.146. The van der Waals surface area contributed by atoms with Crippen LogP contribution < -0.4 is 16.4 Å². The highest BCUT2D eigenvalue weighted by molar-refractivity contribution is 5.92. The lowest BCUT2D eigenvalue weighted by atomic mass is 10.2. The number of anilines is 1. The second kappa shape index (κ2) is 6.70. The van der Waals surface area contributed by atoms with Crippen LogP contribution in [0.2, 0.25) is 0 Å². The summed E-state index contributed by atoms with van der Waals surface area (Å²) in [5.41, 5.74) is 5.15. The van der Waals surface area contributed by atoms with Gasteiger partial charge in [-0.05, 0) is 19.1 Å². The van der Waals surface area contributed by atoms with E-state index in [0.29, 0.717) is 0 Å². The molecule has 0 saturated heterocycles. The van der Waals surface area contributed by atoms with Gasteiger partial charge in [0, 0.05) is 12.5 Å². The maximum atomic E-state index is 13.2. The Bertz CT molecular complexity index is 437. The second-order valence-electron chi connectivity index (χ2n) is 3.98. The van der Waals surface area contributed by atoms with Crippen molar-refractivity contribution in [2.45, 2.75) is 19.4 Å². The van der Waals surface area contributed by atoms with E-state index in [1.807, 2.05) is 0 Å². The summed E-state index contributed by atoms with van der Waals surface area (Å²) in [5, 5.41) is 5.24. The van der Waals surface area contributed by atoms with E-state index in [1.54, 1.807) is 13.0 Å². The Balaban J connectivity index is 2.39. The first-order valence-electron chi connectivity index (χ1n) is 5.55. The molecule has 0 aliphatic carbocycles. The van der Waals surface area contributed by atoms with E-state index in [1.165, 1.54) is 18.2 Å². The van der Waals surface area contributed by atoms with Crippen molar-refractivity contribution in [3.63, 3.8) is 0 Å². The first-order chi connectivity index (χ1) is 8.49. The predicted molar refractivity (Wildman–Crippen MR) is 66.3 cm³/mol. The number of halogens is 1. The van der Waals surface area contributed by atoms with Gasteiger partial charge in [-0.1, -0.05) is 12.1 Å². The van der Waals surface area contributed by atoms with Crippen molar-refractivity contribution in [3.8, 4) is 0 Å². The average molecular weight is 253 g/mol. The molecule has 0 bridgehead atoms. The normalized spacial score (nSPS) is 11.9. The summed E-state index contributed by atoms with van der Waals surface area (Å²) in [6.45, 7) is 1.73. The molecule has 1 rings (SSSR count). The molecule has 0 aromatic heterocycles. The van der Waals surface area contributed by atoms with Gasteiger partial charge < -0.3 is 16.4 Å². The van der Waals surface area contributed by atoms with Crippen LogP contribution in [0, 0.1) is 5.82 Å². The van der Waals surface area contributed by atoms with E-state index < -0.39 is 11.7 Å². The Hall–Kier alpha value is -1.95. The quantitative estimate of drug-likeness (QED) is 0.694. The van der Waals surface area contributed by atoms with Crippen LogP contribution >= 0.6 is 0 Å². The van der Waals surface area contributed by atoms with Crippen molar-refractivity contribution in [1.82, 2.24) is 5.32 Å². The minimum absolute atomic E-state index is 0.0111. The topological polar surface area (TPSA) is 84.2 Å². The van der Waals surface area contributed by atoms with E-state index in [9.17, 15) is 14.0 Å². The van der Waals surface area contributed by atoms with Crippen molar-refractivity contribution in [2.75, 3.05) is 11.9 Å². The van der Waals surface area contributed by atoms with Crippen LogP contribution in [0.1, 0.15) is 13.3 Å². The van der Waals surface area contributed by atoms with Gasteiger partial charge in [-0.3, -0.25) is 9.59 Å². The van der Waals surface area contributed by atoms with Crippen LogP contribution in [0.15, 0.2) is 24.3 Å². The van der Waals surface area contributed by atoms with Gasteiger partial charge in [0.05, 0.1) is 12.2 Å². The summed E-state index contributed by atoms with van der Waals surface area (Å²) >= 11 is 0. The van der Waals surface area contributed by atoms with Crippen LogP contribution in [-0.2, 0) is 9.59 Å². The van der Waals surface area contributed by atoms with E-state index in [-0.39, 0.29) is 30.6 Å². The number of nitrogens with two attached hydrogens (primary N) is 1. The smallest absolute Gasteiger partial charge is 0.238 e. The Morgan fingerprint density at radius 1 is 1.39 bits per heavy atom. The number of carbonyl (C=O) groups is 2. The average Bonchev–Trinajstić information content (AvgIpc) is 2.29. The summed E-state index contributed by atoms with van der Waals surface area (Å²) in [7, 11) is 0. The molecule has 2 amide bonds. The Morgan fingerprint density at radius 2 is 2.06 bits per heavy atom. The number of nitrogens with one attached hydrogen (secondary N) is 2. The first-order valence-corrected chi connectivity index (χ1v) is 5.55. The van der Waals surface area contributed by atoms with Crippen molar-refractivity contribution < 1.29 is 14.0 Å². The van der Waals surface area contributed by atoms with Gasteiger partial charge in [-0.15, -0.1) is 0 Å². The van der Waals surface area contributed by atoms with Crippen LogP contribution in [0.25, 0.3) is 0 Å². The van der Waals surface area contributed by atoms with Crippen LogP contribution in [-0.4, -0.2) is 24.4 Å². The Morgan fingerprint density at radius 3 is 2.67 bits per heavy atom. The van der Waals surface area contributed by atoms with Crippen molar-refractivity contribution in [3.05, 3.63) is 30.1 Å². The molecule has 1 unspecified atom stereocenters. The third-order valence-corrected chi connectivity index (χ3v) is 2.27. The molecule has 0 aliphatic rings. The fourth-order valence-electron chi connectivity index (χ4n) is 1.40. The monoisotopic (exact) mass is 253 g/mol. The Kier molecular flexibility index (Phi) is 5.26. The number of primary amides is 1. The molecular weight excluding hydrogens is 237 g/mol. The minimum atomic E-state index is -0.490. The standard InChI is InChI=1S/C12H16FN3O2/c1-8(6-11(14)17)15-7-12(18)16-10-5-3-2-4-9(10)13/h2-5,8,15H,6-7H2,1H3,(H2,14,17)(H,16,18). The fraction of sp³-hybridized carbons (Fsp3) is 0.333. The summed E-state index contributed by atoms with van der Waals surface area (Å²) in [4.78, 5) is 22.1. The molecule has 5 nitrogen and oxygen atoms in total. The maximum absolute atomic E-state index is 13.2. The van der Waals surface area contributed by atoms with Crippen molar-refractivity contribution in [1.29, 1.82) is 0 Å². The van der Waals surface area contributed by atoms with E-state index >= 15 is 0 Å². The number of para-hydroxylation sites is 1. The first kappa shape index (κ1) is 14.1. The molecule has 6 heteroatoms. The predicted octanol–water partition coefficient (Wildman–Crippen LogP) is 0.618. The molecule has 1 aromatic rings. The van der Waals surface area contributed by atoms with Crippen molar-refractivity contribution in [2.24, 2.45) is 5.73 Å². The zero-order valence-electron chi connectivity index (χ0n) is 10.1. The van der Waals surface area contributed by atoms with E-state index in [4.69, 9.17) is 5.73 Å². The number of hydrogen-bond acceptors (Lipinski definition) is 3. The highest BCUT2D eigenvalue weighted by Gasteiger charge is 2.09. The van der Waals surface area contributed by atoms with Gasteiger partial charge in [-0.2, -0.15) is 0 Å². The van der Waals surface area contributed by atoms with Gasteiger partial charge in [-0.25, -0.2) is 4.39 Å².